The van der Waals surface area contributed by atoms with Gasteiger partial charge < -0.3 is 30.1 Å². The number of hydrogen-bond donors (Lipinski definition) is 3. The van der Waals surface area contributed by atoms with Crippen LogP contribution in [-0.2, 0) is 20.7 Å². The van der Waals surface area contributed by atoms with Crippen LogP contribution in [0, 0.1) is 12.8 Å². The molecule has 1 heterocycles. The molecule has 3 N–H and O–H groups in total. The minimum atomic E-state index is -0.721. The molecule has 1 aliphatic carbocycles. The van der Waals surface area contributed by atoms with E-state index >= 15 is 0 Å². The van der Waals surface area contributed by atoms with Crippen molar-refractivity contribution in [3.8, 4) is 5.75 Å². The first-order valence-electron chi connectivity index (χ1n) is 13.7. The molecule has 2 aromatic carbocycles. The van der Waals surface area contributed by atoms with Crippen LogP contribution >= 0.6 is 0 Å². The predicted molar refractivity (Wildman–Crippen MR) is 149 cm³/mol. The molecule has 9 heteroatoms. The van der Waals surface area contributed by atoms with E-state index in [2.05, 4.69) is 17.6 Å². The second-order valence-corrected chi connectivity index (χ2v) is 10.6. The van der Waals surface area contributed by atoms with E-state index in [-0.39, 0.29) is 42.5 Å². The van der Waals surface area contributed by atoms with Crippen molar-refractivity contribution in [3.63, 3.8) is 0 Å². The highest BCUT2D eigenvalue weighted by molar-refractivity contribution is 6.01. The Bertz CT molecular complexity index is 1180. The van der Waals surface area contributed by atoms with Crippen LogP contribution in [-0.4, -0.2) is 59.8 Å². The van der Waals surface area contributed by atoms with Gasteiger partial charge in [0.15, 0.2) is 0 Å². The smallest absolute Gasteiger partial charge is 0.323 e. The summed E-state index contributed by atoms with van der Waals surface area (Å²) in [6.07, 6.45) is 4.87. The van der Waals surface area contributed by atoms with Gasteiger partial charge >= 0.3 is 12.0 Å². The molecule has 0 spiro atoms. The molecule has 2 aromatic rings. The lowest BCUT2D eigenvalue weighted by molar-refractivity contribution is -0.144. The third-order valence-electron chi connectivity index (χ3n) is 7.88. The van der Waals surface area contributed by atoms with Crippen molar-refractivity contribution in [2.24, 2.45) is 5.92 Å². The number of aryl methyl sites for hydroxylation is 1. The van der Waals surface area contributed by atoms with E-state index in [0.29, 0.717) is 30.9 Å². The number of ether oxygens (including phenoxy) is 2. The molecule has 2 fully saturated rings. The summed E-state index contributed by atoms with van der Waals surface area (Å²) >= 11 is 0. The number of hydrogen-bond acceptors (Lipinski definition) is 5. The molecule has 0 bridgehead atoms. The number of carbonyl (C=O) groups excluding carboxylic acids is 2. The van der Waals surface area contributed by atoms with Gasteiger partial charge in [-0.15, -0.1) is 0 Å². The zero-order valence-electron chi connectivity index (χ0n) is 22.9. The van der Waals surface area contributed by atoms with Gasteiger partial charge in [-0.1, -0.05) is 24.3 Å². The van der Waals surface area contributed by atoms with E-state index < -0.39 is 5.97 Å². The highest BCUT2D eigenvalue weighted by Crippen LogP contribution is 2.31. The Morgan fingerprint density at radius 2 is 1.69 bits per heavy atom. The number of carboxylic acid groups (broad SMARTS) is 1. The molecule has 0 radical (unpaired) electrons. The monoisotopic (exact) mass is 537 g/mol. The highest BCUT2D eigenvalue weighted by atomic mass is 16.5. The van der Waals surface area contributed by atoms with Gasteiger partial charge in [-0.3, -0.25) is 9.59 Å². The first kappa shape index (κ1) is 28.4. The molecule has 1 saturated carbocycles. The second kappa shape index (κ2) is 13.0. The van der Waals surface area contributed by atoms with Crippen molar-refractivity contribution in [1.82, 2.24) is 4.90 Å². The lowest BCUT2D eigenvalue weighted by Crippen LogP contribution is -2.43. The molecule has 3 amide bonds. The topological polar surface area (TPSA) is 117 Å². The summed E-state index contributed by atoms with van der Waals surface area (Å²) in [5, 5.41) is 14.9. The lowest BCUT2D eigenvalue weighted by Gasteiger charge is -2.32. The Labute approximate surface area is 229 Å². The Morgan fingerprint density at radius 1 is 0.974 bits per heavy atom. The fourth-order valence-corrected chi connectivity index (χ4v) is 5.61. The summed E-state index contributed by atoms with van der Waals surface area (Å²) in [6, 6.07) is 12.7. The number of likely N-dealkylation sites (tertiary alicyclic amines) is 1. The fraction of sp³-hybridized carbons (Fsp3) is 0.500. The Morgan fingerprint density at radius 3 is 2.38 bits per heavy atom. The molecule has 2 aliphatic rings. The number of amides is 3. The normalized spacial score (nSPS) is 22.8. The van der Waals surface area contributed by atoms with Gasteiger partial charge in [0.1, 0.15) is 5.75 Å². The largest absolute Gasteiger partial charge is 0.495 e. The first-order valence-corrected chi connectivity index (χ1v) is 13.7. The van der Waals surface area contributed by atoms with E-state index in [1.54, 1.807) is 12.1 Å². The average molecular weight is 538 g/mol. The SMILES string of the molecule is COc1cc(CC(=O)N2C(C)CC[C@H]2COC2CCC(C(=O)O)CC2)ccc1NC(=O)Nc1ccccc1C. The third kappa shape index (κ3) is 7.29. The molecule has 1 unspecified atom stereocenters. The van der Waals surface area contributed by atoms with Gasteiger partial charge in [0.2, 0.25) is 5.91 Å². The zero-order chi connectivity index (χ0) is 27.9. The standard InChI is InChI=1S/C30H39N3O6/c1-19-6-4-5-7-25(19)31-30(37)32-26-15-9-21(16-27(26)38-3)17-28(34)33-20(2)8-12-23(33)18-39-24-13-10-22(11-14-24)29(35)36/h4-7,9,15-16,20,22-24H,8,10-14,17-18H2,1-3H3,(H,35,36)(H2,31,32,37)/t20?,22?,23-,24?/m0/s1. The van der Waals surface area contributed by atoms with Crippen LogP contribution in [0.1, 0.15) is 56.6 Å². The summed E-state index contributed by atoms with van der Waals surface area (Å²) in [4.78, 5) is 39.1. The lowest BCUT2D eigenvalue weighted by atomic mass is 9.87. The summed E-state index contributed by atoms with van der Waals surface area (Å²) in [5.41, 5.74) is 2.99. The Balaban J connectivity index is 1.33. The van der Waals surface area contributed by atoms with Crippen molar-refractivity contribution < 1.29 is 29.0 Å². The number of benzene rings is 2. The van der Waals surface area contributed by atoms with Gasteiger partial charge in [-0.05, 0) is 81.7 Å². The van der Waals surface area contributed by atoms with Crippen LogP contribution in [0.4, 0.5) is 16.2 Å². The summed E-state index contributed by atoms with van der Waals surface area (Å²) in [6.45, 7) is 4.46. The van der Waals surface area contributed by atoms with Gasteiger partial charge in [-0.25, -0.2) is 4.79 Å². The summed E-state index contributed by atoms with van der Waals surface area (Å²) in [7, 11) is 1.53. The van der Waals surface area contributed by atoms with Gasteiger partial charge in [0.05, 0.1) is 43.9 Å². The van der Waals surface area contributed by atoms with Crippen LogP contribution in [0.15, 0.2) is 42.5 Å². The minimum Gasteiger partial charge on any atom is -0.495 e. The fourth-order valence-electron chi connectivity index (χ4n) is 5.61. The second-order valence-electron chi connectivity index (χ2n) is 10.6. The van der Waals surface area contributed by atoms with Crippen LogP contribution < -0.4 is 15.4 Å². The van der Waals surface area contributed by atoms with Crippen LogP contribution in [0.5, 0.6) is 5.75 Å². The van der Waals surface area contributed by atoms with Gasteiger partial charge in [0.25, 0.3) is 0 Å². The molecule has 210 valence electrons. The van der Waals surface area contributed by atoms with Crippen LogP contribution in [0.3, 0.4) is 0 Å². The van der Waals surface area contributed by atoms with E-state index in [9.17, 15) is 19.5 Å². The van der Waals surface area contributed by atoms with E-state index in [0.717, 1.165) is 42.5 Å². The Hall–Kier alpha value is -3.59. The maximum Gasteiger partial charge on any atom is 0.323 e. The predicted octanol–water partition coefficient (Wildman–Crippen LogP) is 5.23. The zero-order valence-corrected chi connectivity index (χ0v) is 22.9. The number of nitrogens with one attached hydrogen (secondary N) is 2. The van der Waals surface area contributed by atoms with Crippen molar-refractivity contribution in [3.05, 3.63) is 53.6 Å². The number of rotatable bonds is 9. The van der Waals surface area contributed by atoms with E-state index in [1.807, 2.05) is 42.2 Å². The molecule has 4 rings (SSSR count). The number of anilines is 2. The molecule has 2 atom stereocenters. The molecular formula is C30H39N3O6. The van der Waals surface area contributed by atoms with E-state index in [1.165, 1.54) is 7.11 Å². The average Bonchev–Trinajstić information content (AvgIpc) is 3.30. The number of carbonyl (C=O) groups is 3. The molecule has 39 heavy (non-hydrogen) atoms. The number of aliphatic carboxylic acids is 1. The van der Waals surface area contributed by atoms with Crippen molar-refractivity contribution in [2.75, 3.05) is 24.4 Å². The molecule has 0 aromatic heterocycles. The maximum absolute atomic E-state index is 13.4. The molecular weight excluding hydrogens is 498 g/mol. The van der Waals surface area contributed by atoms with Gasteiger partial charge in [0, 0.05) is 11.7 Å². The minimum absolute atomic E-state index is 0.0117. The molecule has 9 nitrogen and oxygen atoms in total. The Kier molecular flexibility index (Phi) is 9.45. The third-order valence-corrected chi connectivity index (χ3v) is 7.88. The van der Waals surface area contributed by atoms with Crippen molar-refractivity contribution in [1.29, 1.82) is 0 Å². The van der Waals surface area contributed by atoms with Gasteiger partial charge in [-0.2, -0.15) is 0 Å². The van der Waals surface area contributed by atoms with Crippen molar-refractivity contribution in [2.45, 2.75) is 77.0 Å². The van der Waals surface area contributed by atoms with Crippen molar-refractivity contribution >= 4 is 29.3 Å². The maximum atomic E-state index is 13.4. The number of nitrogens with zero attached hydrogens (tertiary/aromatic N) is 1. The highest BCUT2D eigenvalue weighted by Gasteiger charge is 2.35. The van der Waals surface area contributed by atoms with Crippen LogP contribution in [0.25, 0.3) is 0 Å². The quantitative estimate of drug-likeness (QED) is 0.403. The first-order chi connectivity index (χ1) is 18.7. The summed E-state index contributed by atoms with van der Waals surface area (Å²) < 4.78 is 11.7. The number of urea groups is 1. The summed E-state index contributed by atoms with van der Waals surface area (Å²) in [5.74, 6) is -0.480. The number of carboxylic acids is 1. The van der Waals surface area contributed by atoms with E-state index in [4.69, 9.17) is 9.47 Å². The van der Waals surface area contributed by atoms with Crippen LogP contribution in [0.2, 0.25) is 0 Å². The number of para-hydroxylation sites is 1. The molecule has 1 saturated heterocycles. The number of methoxy groups -OCH3 is 1. The molecule has 1 aliphatic heterocycles.